The fourth-order valence-corrected chi connectivity index (χ4v) is 1.52. The molecule has 0 atom stereocenters. The summed E-state index contributed by atoms with van der Waals surface area (Å²) in [4.78, 5) is 26.8. The van der Waals surface area contributed by atoms with E-state index < -0.39 is 0 Å². The number of anilines is 1. The van der Waals surface area contributed by atoms with E-state index in [0.29, 0.717) is 24.5 Å². The van der Waals surface area contributed by atoms with Gasteiger partial charge in [-0.15, -0.1) is 0 Å². The second-order valence-electron chi connectivity index (χ2n) is 4.64. The zero-order valence-corrected chi connectivity index (χ0v) is 12.1. The molecule has 0 aliphatic carbocycles. The van der Waals surface area contributed by atoms with Gasteiger partial charge >= 0.3 is 0 Å². The van der Waals surface area contributed by atoms with Crippen LogP contribution >= 0.6 is 0 Å². The largest absolute Gasteiger partial charge is 0.379 e. The van der Waals surface area contributed by atoms with Crippen LogP contribution in [0.2, 0.25) is 0 Å². The van der Waals surface area contributed by atoms with Crippen molar-refractivity contribution in [2.24, 2.45) is 0 Å². The second-order valence-corrected chi connectivity index (χ2v) is 4.64. The van der Waals surface area contributed by atoms with E-state index in [1.54, 1.807) is 12.1 Å². The van der Waals surface area contributed by atoms with Crippen LogP contribution in [-0.4, -0.2) is 36.1 Å². The number of hydrogen-bond donors (Lipinski definition) is 2. The predicted octanol–water partition coefficient (Wildman–Crippen LogP) is 1.58. The van der Waals surface area contributed by atoms with Crippen molar-refractivity contribution < 1.29 is 14.3 Å². The number of ether oxygens (including phenoxy) is 1. The average molecular weight is 279 g/mol. The lowest BCUT2D eigenvalue weighted by atomic mass is 10.2. The van der Waals surface area contributed by atoms with Crippen LogP contribution in [0.1, 0.15) is 37.6 Å². The number of hydrogen-bond acceptors (Lipinski definition) is 4. The molecule has 0 unspecified atom stereocenters. The minimum Gasteiger partial charge on any atom is -0.379 e. The molecule has 2 N–H and O–H groups in total. The SMILES string of the molecule is CC(=O)Nc1cc(C(=O)NCCCOC(C)C)ccn1. The Kier molecular flexibility index (Phi) is 6.66. The molecule has 0 fully saturated rings. The van der Waals surface area contributed by atoms with Crippen LogP contribution in [0.5, 0.6) is 0 Å². The van der Waals surface area contributed by atoms with E-state index in [4.69, 9.17) is 4.74 Å². The fourth-order valence-electron chi connectivity index (χ4n) is 1.52. The highest BCUT2D eigenvalue weighted by atomic mass is 16.5. The molecule has 6 nitrogen and oxygen atoms in total. The van der Waals surface area contributed by atoms with Gasteiger partial charge in [-0.25, -0.2) is 4.98 Å². The number of pyridine rings is 1. The van der Waals surface area contributed by atoms with Gasteiger partial charge in [0.25, 0.3) is 5.91 Å². The van der Waals surface area contributed by atoms with E-state index in [1.165, 1.54) is 13.1 Å². The summed E-state index contributed by atoms with van der Waals surface area (Å²) in [6.45, 7) is 6.50. The minimum absolute atomic E-state index is 0.191. The Morgan fingerprint density at radius 2 is 2.15 bits per heavy atom. The first-order valence-electron chi connectivity index (χ1n) is 6.62. The third kappa shape index (κ3) is 6.29. The summed E-state index contributed by atoms with van der Waals surface area (Å²) in [5, 5.41) is 5.33. The summed E-state index contributed by atoms with van der Waals surface area (Å²) in [6.07, 6.45) is 2.45. The highest BCUT2D eigenvalue weighted by Gasteiger charge is 2.07. The molecule has 0 radical (unpaired) electrons. The lowest BCUT2D eigenvalue weighted by Crippen LogP contribution is -2.25. The lowest BCUT2D eigenvalue weighted by Gasteiger charge is -2.09. The Bertz CT molecular complexity index is 461. The summed E-state index contributed by atoms with van der Waals surface area (Å²) in [7, 11) is 0. The highest BCUT2D eigenvalue weighted by molar-refractivity contribution is 5.96. The Labute approximate surface area is 118 Å². The molecule has 1 rings (SSSR count). The number of nitrogens with one attached hydrogen (secondary N) is 2. The van der Waals surface area contributed by atoms with Crippen molar-refractivity contribution in [2.75, 3.05) is 18.5 Å². The molecule has 0 aliphatic heterocycles. The van der Waals surface area contributed by atoms with Crippen LogP contribution in [0.3, 0.4) is 0 Å². The maximum absolute atomic E-state index is 11.9. The molecule has 1 aromatic rings. The van der Waals surface area contributed by atoms with Gasteiger partial charge in [0.05, 0.1) is 6.10 Å². The molecular weight excluding hydrogens is 258 g/mol. The summed E-state index contributed by atoms with van der Waals surface area (Å²) < 4.78 is 5.38. The van der Waals surface area contributed by atoms with Crippen molar-refractivity contribution in [2.45, 2.75) is 33.3 Å². The number of nitrogens with zero attached hydrogens (tertiary/aromatic N) is 1. The maximum atomic E-state index is 11.9. The Balaban J connectivity index is 2.41. The van der Waals surface area contributed by atoms with E-state index >= 15 is 0 Å². The van der Waals surface area contributed by atoms with E-state index in [-0.39, 0.29) is 17.9 Å². The molecule has 0 saturated heterocycles. The van der Waals surface area contributed by atoms with Gasteiger partial charge in [0.15, 0.2) is 0 Å². The third-order valence-electron chi connectivity index (χ3n) is 2.38. The van der Waals surface area contributed by atoms with Crippen LogP contribution in [0.4, 0.5) is 5.82 Å². The topological polar surface area (TPSA) is 80.3 Å². The molecule has 0 saturated carbocycles. The zero-order chi connectivity index (χ0) is 15.0. The van der Waals surface area contributed by atoms with Crippen molar-refractivity contribution in [1.29, 1.82) is 0 Å². The van der Waals surface area contributed by atoms with Crippen molar-refractivity contribution >= 4 is 17.6 Å². The molecule has 20 heavy (non-hydrogen) atoms. The van der Waals surface area contributed by atoms with Gasteiger partial charge < -0.3 is 15.4 Å². The number of rotatable bonds is 7. The van der Waals surface area contributed by atoms with Gasteiger partial charge in [-0.05, 0) is 32.4 Å². The maximum Gasteiger partial charge on any atom is 0.251 e. The molecule has 1 heterocycles. The van der Waals surface area contributed by atoms with Crippen LogP contribution in [0.25, 0.3) is 0 Å². The zero-order valence-electron chi connectivity index (χ0n) is 12.1. The van der Waals surface area contributed by atoms with Crippen LogP contribution in [0, 0.1) is 0 Å². The summed E-state index contributed by atoms with van der Waals surface area (Å²) in [6, 6.07) is 3.15. The van der Waals surface area contributed by atoms with Crippen molar-refractivity contribution in [1.82, 2.24) is 10.3 Å². The van der Waals surface area contributed by atoms with Crippen LogP contribution in [-0.2, 0) is 9.53 Å². The van der Waals surface area contributed by atoms with E-state index in [0.717, 1.165) is 6.42 Å². The number of carbonyl (C=O) groups excluding carboxylic acids is 2. The Morgan fingerprint density at radius 1 is 1.40 bits per heavy atom. The summed E-state index contributed by atoms with van der Waals surface area (Å²) >= 11 is 0. The second kappa shape index (κ2) is 8.27. The molecule has 0 aromatic carbocycles. The van der Waals surface area contributed by atoms with Crippen molar-refractivity contribution in [3.8, 4) is 0 Å². The molecule has 0 aliphatic rings. The molecule has 1 aromatic heterocycles. The molecule has 6 heteroatoms. The van der Waals surface area contributed by atoms with Gasteiger partial charge in [-0.1, -0.05) is 0 Å². The van der Waals surface area contributed by atoms with Crippen molar-refractivity contribution in [3.63, 3.8) is 0 Å². The van der Waals surface area contributed by atoms with Gasteiger partial charge in [0.2, 0.25) is 5.91 Å². The number of carbonyl (C=O) groups is 2. The lowest BCUT2D eigenvalue weighted by molar-refractivity contribution is -0.114. The Morgan fingerprint density at radius 3 is 2.80 bits per heavy atom. The van der Waals surface area contributed by atoms with Crippen LogP contribution in [0.15, 0.2) is 18.3 Å². The van der Waals surface area contributed by atoms with Gasteiger partial charge in [0.1, 0.15) is 5.82 Å². The molecule has 2 amide bonds. The van der Waals surface area contributed by atoms with E-state index in [2.05, 4.69) is 15.6 Å². The van der Waals surface area contributed by atoms with Crippen LogP contribution < -0.4 is 10.6 Å². The predicted molar refractivity (Wildman–Crippen MR) is 76.6 cm³/mol. The Hall–Kier alpha value is -1.95. The van der Waals surface area contributed by atoms with Gasteiger partial charge in [-0.2, -0.15) is 0 Å². The van der Waals surface area contributed by atoms with Crippen molar-refractivity contribution in [3.05, 3.63) is 23.9 Å². The van der Waals surface area contributed by atoms with Gasteiger partial charge in [0, 0.05) is 31.8 Å². The normalized spacial score (nSPS) is 10.4. The number of amides is 2. The monoisotopic (exact) mass is 279 g/mol. The molecule has 0 spiro atoms. The standard InChI is InChI=1S/C14H21N3O3/c1-10(2)20-8-4-6-16-14(19)12-5-7-15-13(9-12)17-11(3)18/h5,7,9-10H,4,6,8H2,1-3H3,(H,16,19)(H,15,17,18). The minimum atomic E-state index is -0.221. The smallest absolute Gasteiger partial charge is 0.251 e. The first-order chi connectivity index (χ1) is 9.49. The summed E-state index contributed by atoms with van der Waals surface area (Å²) in [5.41, 5.74) is 0.466. The first-order valence-corrected chi connectivity index (χ1v) is 6.62. The van der Waals surface area contributed by atoms with E-state index in [1.807, 2.05) is 13.8 Å². The average Bonchev–Trinajstić information content (AvgIpc) is 2.37. The molecular formula is C14H21N3O3. The highest BCUT2D eigenvalue weighted by Crippen LogP contribution is 2.06. The quantitative estimate of drug-likeness (QED) is 0.743. The summed E-state index contributed by atoms with van der Waals surface area (Å²) in [5.74, 6) is -0.0438. The number of aromatic nitrogens is 1. The molecule has 110 valence electrons. The van der Waals surface area contributed by atoms with E-state index in [9.17, 15) is 9.59 Å². The fraction of sp³-hybridized carbons (Fsp3) is 0.500. The first kappa shape index (κ1) is 16.1. The molecule has 0 bridgehead atoms. The van der Waals surface area contributed by atoms with Gasteiger partial charge in [-0.3, -0.25) is 9.59 Å². The third-order valence-corrected chi connectivity index (χ3v) is 2.38.